The zero-order valence-corrected chi connectivity index (χ0v) is 8.08. The number of rotatable bonds is 0. The second kappa shape index (κ2) is 2.76. The van der Waals surface area contributed by atoms with Gasteiger partial charge in [0.1, 0.15) is 0 Å². The molecule has 1 aromatic heterocycles. The van der Waals surface area contributed by atoms with E-state index in [9.17, 15) is 4.79 Å². The third kappa shape index (κ3) is 1.05. The van der Waals surface area contributed by atoms with Gasteiger partial charge in [-0.05, 0) is 23.7 Å². The van der Waals surface area contributed by atoms with Crippen molar-refractivity contribution in [1.29, 1.82) is 0 Å². The smallest absolute Gasteiger partial charge is 0.266 e. The minimum Gasteiger partial charge on any atom is -0.266 e. The number of aromatic nitrogens is 1. The van der Waals surface area contributed by atoms with E-state index in [1.807, 2.05) is 6.07 Å². The van der Waals surface area contributed by atoms with Crippen molar-refractivity contribution in [2.45, 2.75) is 0 Å². The largest absolute Gasteiger partial charge is 0.285 e. The average molecular weight is 220 g/mol. The lowest BCUT2D eigenvalue weighted by atomic mass is 10.3. The molecule has 1 aromatic carbocycles. The van der Waals surface area contributed by atoms with Gasteiger partial charge in [0.25, 0.3) is 5.56 Å². The third-order valence-electron chi connectivity index (χ3n) is 1.53. The van der Waals surface area contributed by atoms with Crippen LogP contribution >= 0.6 is 34.9 Å². The summed E-state index contributed by atoms with van der Waals surface area (Å²) in [4.78, 5) is 11.3. The minimum absolute atomic E-state index is 0.248. The first kappa shape index (κ1) is 8.10. The molecule has 0 aliphatic heterocycles. The number of nitrogens with zero attached hydrogens (tertiary/aromatic N) is 1. The fourth-order valence-corrected chi connectivity index (χ4v) is 2.40. The van der Waals surface area contributed by atoms with Crippen molar-refractivity contribution in [3.8, 4) is 0 Å². The Bertz CT molecular complexity index is 488. The van der Waals surface area contributed by atoms with Crippen LogP contribution in [0.3, 0.4) is 0 Å². The summed E-state index contributed by atoms with van der Waals surface area (Å²) in [6.45, 7) is 0. The molecule has 0 amide bonds. The molecule has 2 nitrogen and oxygen atoms in total. The van der Waals surface area contributed by atoms with Crippen molar-refractivity contribution < 1.29 is 0 Å². The fourth-order valence-electron chi connectivity index (χ4n) is 1.00. The van der Waals surface area contributed by atoms with Crippen molar-refractivity contribution in [2.75, 3.05) is 0 Å². The van der Waals surface area contributed by atoms with Crippen LogP contribution in [-0.2, 0) is 0 Å². The molecule has 5 heteroatoms. The molecule has 0 aliphatic rings. The zero-order chi connectivity index (χ0) is 8.72. The van der Waals surface area contributed by atoms with Gasteiger partial charge in [-0.25, -0.2) is 0 Å². The predicted molar refractivity (Wildman–Crippen MR) is 52.3 cm³/mol. The summed E-state index contributed by atoms with van der Waals surface area (Å²) in [5, 5.41) is 0.951. The van der Waals surface area contributed by atoms with Gasteiger partial charge < -0.3 is 0 Å². The molecule has 2 aromatic rings. The Hall–Kier alpha value is -0.510. The lowest BCUT2D eigenvalue weighted by molar-refractivity contribution is 1.33. The third-order valence-corrected chi connectivity index (χ3v) is 3.07. The van der Waals surface area contributed by atoms with E-state index in [2.05, 4.69) is 0 Å². The van der Waals surface area contributed by atoms with E-state index >= 15 is 0 Å². The zero-order valence-electron chi connectivity index (χ0n) is 5.75. The Morgan fingerprint density at radius 2 is 2.17 bits per heavy atom. The number of fused-ring (bicyclic) bond motifs is 1. The van der Waals surface area contributed by atoms with Gasteiger partial charge in [0.2, 0.25) is 0 Å². The number of halogens is 2. The molecule has 12 heavy (non-hydrogen) atoms. The van der Waals surface area contributed by atoms with Gasteiger partial charge >= 0.3 is 0 Å². The number of hydrogen-bond donors (Lipinski definition) is 0. The summed E-state index contributed by atoms with van der Waals surface area (Å²) in [5.41, 5.74) is -0.248. The first-order valence-electron chi connectivity index (χ1n) is 3.17. The monoisotopic (exact) mass is 219 g/mol. The number of benzene rings is 1. The Kier molecular flexibility index (Phi) is 1.87. The molecular formula is C7H3Cl2NOS. The summed E-state index contributed by atoms with van der Waals surface area (Å²) in [6.07, 6.45) is 0. The van der Waals surface area contributed by atoms with Crippen LogP contribution in [0.15, 0.2) is 23.0 Å². The van der Waals surface area contributed by atoms with E-state index in [4.69, 9.17) is 23.4 Å². The standard InChI is InChI=1S/C7H3Cl2NOS/c8-4-2-1-3-5-6(4)7(11)10(9)12-5/h1-3H. The molecule has 0 fully saturated rings. The van der Waals surface area contributed by atoms with Gasteiger partial charge in [-0.15, -0.1) is 0 Å². The second-order valence-electron chi connectivity index (χ2n) is 2.25. The minimum atomic E-state index is -0.248. The molecule has 62 valence electrons. The van der Waals surface area contributed by atoms with Gasteiger partial charge in [-0.2, -0.15) is 3.48 Å². The maximum atomic E-state index is 11.3. The van der Waals surface area contributed by atoms with E-state index in [-0.39, 0.29) is 5.56 Å². The van der Waals surface area contributed by atoms with Crippen LogP contribution in [0.4, 0.5) is 0 Å². The SMILES string of the molecule is O=c1c2c(Cl)cccc2sn1Cl. The van der Waals surface area contributed by atoms with Crippen LogP contribution in [0.25, 0.3) is 10.1 Å². The highest BCUT2D eigenvalue weighted by atomic mass is 35.5. The summed E-state index contributed by atoms with van der Waals surface area (Å²) in [6, 6.07) is 5.28. The molecular weight excluding hydrogens is 217 g/mol. The van der Waals surface area contributed by atoms with Crippen LogP contribution in [-0.4, -0.2) is 3.48 Å². The Morgan fingerprint density at radius 3 is 2.83 bits per heavy atom. The van der Waals surface area contributed by atoms with Crippen molar-refractivity contribution >= 4 is 45.0 Å². The molecule has 0 atom stereocenters. The normalized spacial score (nSPS) is 10.8. The average Bonchev–Trinajstić information content (AvgIpc) is 2.29. The van der Waals surface area contributed by atoms with Crippen molar-refractivity contribution in [1.82, 2.24) is 3.48 Å². The molecule has 0 bridgehead atoms. The first-order chi connectivity index (χ1) is 5.70. The van der Waals surface area contributed by atoms with E-state index in [0.717, 1.165) is 8.18 Å². The van der Waals surface area contributed by atoms with Crippen LogP contribution in [0.2, 0.25) is 5.02 Å². The van der Waals surface area contributed by atoms with Gasteiger partial charge in [-0.1, -0.05) is 17.7 Å². The second-order valence-corrected chi connectivity index (χ2v) is 4.19. The Balaban J connectivity index is 3.07. The van der Waals surface area contributed by atoms with Gasteiger partial charge in [0, 0.05) is 11.8 Å². The van der Waals surface area contributed by atoms with Crippen LogP contribution in [0.1, 0.15) is 0 Å². The molecule has 2 rings (SSSR count). The van der Waals surface area contributed by atoms with Gasteiger partial charge in [0.15, 0.2) is 0 Å². The quantitative estimate of drug-likeness (QED) is 0.668. The summed E-state index contributed by atoms with van der Waals surface area (Å²) >= 11 is 12.6. The van der Waals surface area contributed by atoms with Gasteiger partial charge in [-0.3, -0.25) is 4.79 Å². The Morgan fingerprint density at radius 1 is 1.42 bits per heavy atom. The summed E-state index contributed by atoms with van der Waals surface area (Å²) in [7, 11) is 0. The number of hydrogen-bond acceptors (Lipinski definition) is 2. The first-order valence-corrected chi connectivity index (χ1v) is 4.66. The van der Waals surface area contributed by atoms with Gasteiger partial charge in [0.05, 0.1) is 15.1 Å². The molecule has 0 saturated carbocycles. The summed E-state index contributed by atoms with van der Waals surface area (Å²) < 4.78 is 1.86. The molecule has 0 saturated heterocycles. The Labute approximate surface area is 82.2 Å². The highest BCUT2D eigenvalue weighted by molar-refractivity contribution is 7.15. The molecule has 0 N–H and O–H groups in total. The molecule has 0 radical (unpaired) electrons. The molecule has 0 spiro atoms. The van der Waals surface area contributed by atoms with Crippen molar-refractivity contribution in [2.24, 2.45) is 0 Å². The molecule has 0 unspecified atom stereocenters. The van der Waals surface area contributed by atoms with E-state index < -0.39 is 0 Å². The lowest BCUT2D eigenvalue weighted by Crippen LogP contribution is -2.03. The van der Waals surface area contributed by atoms with Crippen LogP contribution in [0.5, 0.6) is 0 Å². The van der Waals surface area contributed by atoms with E-state index in [1.165, 1.54) is 11.5 Å². The highest BCUT2D eigenvalue weighted by Gasteiger charge is 2.08. The molecule has 0 aliphatic carbocycles. The topological polar surface area (TPSA) is 22.0 Å². The maximum absolute atomic E-state index is 11.3. The van der Waals surface area contributed by atoms with E-state index in [0.29, 0.717) is 10.4 Å². The van der Waals surface area contributed by atoms with Crippen LogP contribution in [0, 0.1) is 0 Å². The van der Waals surface area contributed by atoms with Crippen molar-refractivity contribution in [3.05, 3.63) is 33.6 Å². The van der Waals surface area contributed by atoms with Crippen LogP contribution < -0.4 is 5.56 Å². The van der Waals surface area contributed by atoms with E-state index in [1.54, 1.807) is 12.1 Å². The molecule has 1 heterocycles. The highest BCUT2D eigenvalue weighted by Crippen LogP contribution is 2.24. The predicted octanol–water partition coefficient (Wildman–Crippen LogP) is 2.72. The summed E-state index contributed by atoms with van der Waals surface area (Å²) in [5.74, 6) is 0. The fraction of sp³-hybridized carbons (Fsp3) is 0. The van der Waals surface area contributed by atoms with Crippen molar-refractivity contribution in [3.63, 3.8) is 0 Å². The maximum Gasteiger partial charge on any atom is 0.285 e. The lowest BCUT2D eigenvalue weighted by Gasteiger charge is -1.87.